The van der Waals surface area contributed by atoms with E-state index in [0.717, 1.165) is 78.9 Å². The average molecular weight is 425 g/mol. The third-order valence-electron chi connectivity index (χ3n) is 5.41. The second kappa shape index (κ2) is 10.0. The third-order valence-corrected chi connectivity index (χ3v) is 5.41. The largest absolute Gasteiger partial charge is 0.380 e. The van der Waals surface area contributed by atoms with Crippen LogP contribution >= 0.6 is 0 Å². The molecule has 3 aromatic heterocycles. The van der Waals surface area contributed by atoms with Crippen molar-refractivity contribution in [2.45, 2.75) is 40.2 Å². The Kier molecular flexibility index (Phi) is 6.93. The summed E-state index contributed by atoms with van der Waals surface area (Å²) < 4.78 is 7.55. The molecule has 0 amide bonds. The molecule has 1 saturated heterocycles. The maximum absolute atomic E-state index is 5.58. The fraction of sp³-hybridized carbons (Fsp3) is 0.545. The molecule has 0 bridgehead atoms. The SMILES string of the molecule is CCOCCn1nc(CC)c2nc(N3CCCNCC3)nc(Nc3ccc(C)cn3)c21. The first-order valence-corrected chi connectivity index (χ1v) is 11.2. The number of aromatic nitrogens is 5. The Bertz CT molecular complexity index is 993. The lowest BCUT2D eigenvalue weighted by Crippen LogP contribution is -2.29. The zero-order chi connectivity index (χ0) is 21.6. The van der Waals surface area contributed by atoms with Crippen LogP contribution in [-0.2, 0) is 17.7 Å². The number of aryl methyl sites for hydroxylation is 2. The number of pyridine rings is 1. The van der Waals surface area contributed by atoms with Crippen molar-refractivity contribution in [3.63, 3.8) is 0 Å². The maximum Gasteiger partial charge on any atom is 0.228 e. The van der Waals surface area contributed by atoms with Crippen LogP contribution in [0.25, 0.3) is 11.0 Å². The van der Waals surface area contributed by atoms with Crippen LogP contribution in [0.2, 0.25) is 0 Å². The highest BCUT2D eigenvalue weighted by Crippen LogP contribution is 2.29. The molecule has 4 rings (SSSR count). The smallest absolute Gasteiger partial charge is 0.228 e. The highest BCUT2D eigenvalue weighted by atomic mass is 16.5. The number of anilines is 3. The van der Waals surface area contributed by atoms with Crippen LogP contribution in [0.3, 0.4) is 0 Å². The van der Waals surface area contributed by atoms with Crippen LogP contribution in [-0.4, -0.2) is 64.1 Å². The predicted molar refractivity (Wildman–Crippen MR) is 123 cm³/mol. The van der Waals surface area contributed by atoms with Crippen LogP contribution in [0.15, 0.2) is 18.3 Å². The van der Waals surface area contributed by atoms with Crippen molar-refractivity contribution in [3.05, 3.63) is 29.6 Å². The van der Waals surface area contributed by atoms with Gasteiger partial charge in [0.2, 0.25) is 5.95 Å². The van der Waals surface area contributed by atoms with Crippen molar-refractivity contribution in [3.8, 4) is 0 Å². The molecule has 0 spiro atoms. The topological polar surface area (TPSA) is 93.0 Å². The van der Waals surface area contributed by atoms with Gasteiger partial charge in [0.15, 0.2) is 5.82 Å². The molecule has 3 aromatic rings. The summed E-state index contributed by atoms with van der Waals surface area (Å²) in [5.41, 5.74) is 3.89. The van der Waals surface area contributed by atoms with Gasteiger partial charge in [0, 0.05) is 32.4 Å². The molecular weight excluding hydrogens is 392 g/mol. The lowest BCUT2D eigenvalue weighted by atomic mass is 10.2. The zero-order valence-corrected chi connectivity index (χ0v) is 18.7. The van der Waals surface area contributed by atoms with Gasteiger partial charge in [0.1, 0.15) is 16.9 Å². The van der Waals surface area contributed by atoms with Crippen molar-refractivity contribution in [2.24, 2.45) is 0 Å². The molecule has 1 fully saturated rings. The lowest BCUT2D eigenvalue weighted by molar-refractivity contribution is 0.137. The Morgan fingerprint density at radius 3 is 2.84 bits per heavy atom. The van der Waals surface area contributed by atoms with E-state index in [-0.39, 0.29) is 0 Å². The summed E-state index contributed by atoms with van der Waals surface area (Å²) >= 11 is 0. The van der Waals surface area contributed by atoms with Gasteiger partial charge in [-0.05, 0) is 44.9 Å². The van der Waals surface area contributed by atoms with Gasteiger partial charge in [-0.3, -0.25) is 4.68 Å². The van der Waals surface area contributed by atoms with Gasteiger partial charge in [0.25, 0.3) is 0 Å². The van der Waals surface area contributed by atoms with E-state index in [1.54, 1.807) is 0 Å². The van der Waals surface area contributed by atoms with Gasteiger partial charge >= 0.3 is 0 Å². The zero-order valence-electron chi connectivity index (χ0n) is 18.7. The first-order chi connectivity index (χ1) is 15.2. The number of nitrogens with zero attached hydrogens (tertiary/aromatic N) is 6. The molecule has 0 unspecified atom stereocenters. The van der Waals surface area contributed by atoms with Gasteiger partial charge in [-0.2, -0.15) is 10.1 Å². The molecule has 0 aromatic carbocycles. The minimum atomic E-state index is 0.595. The van der Waals surface area contributed by atoms with Gasteiger partial charge in [-0.15, -0.1) is 0 Å². The fourth-order valence-corrected chi connectivity index (χ4v) is 3.76. The standard InChI is InChI=1S/C22H32N8O/c1-4-17-19-20(30(28-17)13-14-31-5-2)21(25-18-8-7-16(3)15-24-18)27-22(26-19)29-11-6-9-23-10-12-29/h7-8,15,23H,4-6,9-14H2,1-3H3,(H,24,25,26,27). The molecule has 166 valence electrons. The van der Waals surface area contributed by atoms with E-state index >= 15 is 0 Å². The Labute approximate surface area is 183 Å². The second-order valence-electron chi connectivity index (χ2n) is 7.73. The number of ether oxygens (including phenoxy) is 1. The summed E-state index contributed by atoms with van der Waals surface area (Å²) in [5, 5.41) is 11.7. The minimum absolute atomic E-state index is 0.595. The Hall–Kier alpha value is -2.78. The second-order valence-corrected chi connectivity index (χ2v) is 7.73. The first-order valence-electron chi connectivity index (χ1n) is 11.2. The fourth-order valence-electron chi connectivity index (χ4n) is 3.76. The van der Waals surface area contributed by atoms with E-state index in [1.165, 1.54) is 0 Å². The number of hydrogen-bond donors (Lipinski definition) is 2. The predicted octanol–water partition coefficient (Wildman–Crippen LogP) is 2.67. The van der Waals surface area contributed by atoms with Crippen LogP contribution in [0.5, 0.6) is 0 Å². The van der Waals surface area contributed by atoms with Gasteiger partial charge in [-0.25, -0.2) is 9.97 Å². The molecule has 0 saturated carbocycles. The van der Waals surface area contributed by atoms with Crippen LogP contribution < -0.4 is 15.5 Å². The molecule has 0 aliphatic carbocycles. The summed E-state index contributed by atoms with van der Waals surface area (Å²) in [4.78, 5) is 16.7. The highest BCUT2D eigenvalue weighted by Gasteiger charge is 2.21. The van der Waals surface area contributed by atoms with Crippen molar-refractivity contribution in [2.75, 3.05) is 49.6 Å². The summed E-state index contributed by atoms with van der Waals surface area (Å²) in [5.74, 6) is 2.23. The summed E-state index contributed by atoms with van der Waals surface area (Å²) in [6, 6.07) is 4.01. The summed E-state index contributed by atoms with van der Waals surface area (Å²) in [7, 11) is 0. The van der Waals surface area contributed by atoms with Gasteiger partial charge in [-0.1, -0.05) is 13.0 Å². The molecule has 9 nitrogen and oxygen atoms in total. The number of rotatable bonds is 8. The van der Waals surface area contributed by atoms with E-state index in [2.05, 4.69) is 27.4 Å². The van der Waals surface area contributed by atoms with E-state index in [0.29, 0.717) is 19.8 Å². The van der Waals surface area contributed by atoms with Crippen molar-refractivity contribution >= 4 is 28.6 Å². The summed E-state index contributed by atoms with van der Waals surface area (Å²) in [6.07, 6.45) is 3.72. The minimum Gasteiger partial charge on any atom is -0.380 e. The Balaban J connectivity index is 1.80. The third kappa shape index (κ3) is 4.94. The average Bonchev–Trinajstić information content (AvgIpc) is 2.94. The van der Waals surface area contributed by atoms with Crippen molar-refractivity contribution < 1.29 is 4.74 Å². The van der Waals surface area contributed by atoms with Crippen LogP contribution in [0, 0.1) is 6.92 Å². The molecule has 31 heavy (non-hydrogen) atoms. The molecule has 4 heterocycles. The van der Waals surface area contributed by atoms with Gasteiger partial charge < -0.3 is 20.3 Å². The highest BCUT2D eigenvalue weighted by molar-refractivity contribution is 5.90. The molecule has 0 radical (unpaired) electrons. The van der Waals surface area contributed by atoms with Crippen LogP contribution in [0.4, 0.5) is 17.6 Å². The number of fused-ring (bicyclic) bond motifs is 1. The Morgan fingerprint density at radius 1 is 1.16 bits per heavy atom. The maximum atomic E-state index is 5.58. The summed E-state index contributed by atoms with van der Waals surface area (Å²) in [6.45, 7) is 11.8. The van der Waals surface area contributed by atoms with E-state index in [1.807, 2.05) is 36.9 Å². The normalized spacial score (nSPS) is 14.7. The Morgan fingerprint density at radius 2 is 2.06 bits per heavy atom. The van der Waals surface area contributed by atoms with E-state index in [4.69, 9.17) is 19.8 Å². The molecule has 0 atom stereocenters. The monoisotopic (exact) mass is 424 g/mol. The first kappa shape index (κ1) is 21.5. The molecule has 2 N–H and O–H groups in total. The number of hydrogen-bond acceptors (Lipinski definition) is 8. The molecule has 9 heteroatoms. The molecule has 1 aliphatic heterocycles. The van der Waals surface area contributed by atoms with E-state index < -0.39 is 0 Å². The van der Waals surface area contributed by atoms with Crippen LogP contribution in [0.1, 0.15) is 31.5 Å². The molecular formula is C22H32N8O. The van der Waals surface area contributed by atoms with Crippen molar-refractivity contribution in [1.82, 2.24) is 30.0 Å². The molecule has 1 aliphatic rings. The number of nitrogens with one attached hydrogen (secondary N) is 2. The van der Waals surface area contributed by atoms with Crippen molar-refractivity contribution in [1.29, 1.82) is 0 Å². The van der Waals surface area contributed by atoms with E-state index in [9.17, 15) is 0 Å². The lowest BCUT2D eigenvalue weighted by Gasteiger charge is -2.21. The quantitative estimate of drug-likeness (QED) is 0.533. The van der Waals surface area contributed by atoms with Gasteiger partial charge in [0.05, 0.1) is 18.8 Å².